The number of aromatic amines is 1. The van der Waals surface area contributed by atoms with Gasteiger partial charge in [-0.25, -0.2) is 0 Å². The maximum Gasteiger partial charge on any atom is 0.249 e. The van der Waals surface area contributed by atoms with Crippen LogP contribution >= 0.6 is 21.6 Å². The first kappa shape index (κ1) is 57.5. The van der Waals surface area contributed by atoms with Gasteiger partial charge in [0.05, 0.1) is 25.2 Å². The fraction of sp³-hybridized carbons (Fsp3) is 0.545. The van der Waals surface area contributed by atoms with Crippen LogP contribution in [0.5, 0.6) is 0 Å². The molecule has 1 aromatic carbocycles. The Kier molecular flexibility index (Phi) is 21.9. The Labute approximate surface area is 422 Å². The van der Waals surface area contributed by atoms with E-state index in [-0.39, 0.29) is 56.2 Å². The van der Waals surface area contributed by atoms with Crippen LogP contribution in [0.25, 0.3) is 10.9 Å². The lowest BCUT2D eigenvalue weighted by Crippen LogP contribution is -2.60. The standard InChI is InChI=1S/C44H65N15O11S2/c1-4-22(2)35-41(68)54-27(11-12-30(45)60)39(66)55-28(18-31(46)61)40(67)56-29(43(70)58(3)20-33(63)52-26(10-7-15-50-44(48)49)38(65)51-19-32(47)62)21-72-71-17-14-34(64)59-16-13-24-23-8-5-6-9-25(23)53-36(24)37(59)42(69)57-35/h5-6,8-9,22,26-29,35,37,53H,4,7,10-21H2,1-3H3,(H2,45,60)(H2,46,61)(H2,47,62)(H,51,65)(H,52,63)(H,54,68)(H,55,66)(H,56,67)(H,57,69)(H4,48,49,50)/t22-,26-,27-,28-,29+,35-,37-/m0/s1. The molecule has 0 spiro atoms. The fourth-order valence-corrected chi connectivity index (χ4v) is 10.1. The van der Waals surface area contributed by atoms with Crippen LogP contribution < -0.4 is 60.6 Å². The first-order valence-corrected chi connectivity index (χ1v) is 25.7. The molecule has 0 aliphatic carbocycles. The maximum atomic E-state index is 14.6. The number of amides is 11. The molecule has 0 radical (unpaired) electrons. The van der Waals surface area contributed by atoms with Crippen molar-refractivity contribution in [3.8, 4) is 0 Å². The Bertz CT molecular complexity index is 2400. The molecule has 394 valence electrons. The van der Waals surface area contributed by atoms with Crippen LogP contribution in [0.4, 0.5) is 0 Å². The number of aliphatic imine (C=N–C) groups is 1. The van der Waals surface area contributed by atoms with Crippen LogP contribution in [-0.4, -0.2) is 161 Å². The molecule has 26 nitrogen and oxygen atoms in total. The Hall–Kier alpha value is -7.10. The van der Waals surface area contributed by atoms with Crippen molar-refractivity contribution in [2.24, 2.45) is 39.6 Å². The molecular formula is C44H65N15O11S2. The second-order valence-corrected chi connectivity index (χ2v) is 20.0. The normalized spacial score (nSPS) is 21.2. The Balaban J connectivity index is 1.68. The number of hydrogen-bond acceptors (Lipinski definition) is 14. The molecule has 2 aliphatic rings. The summed E-state index contributed by atoms with van der Waals surface area (Å²) in [4.78, 5) is 157. The van der Waals surface area contributed by atoms with Crippen molar-refractivity contribution >= 4 is 103 Å². The molecule has 1 aromatic heterocycles. The van der Waals surface area contributed by atoms with E-state index in [4.69, 9.17) is 28.7 Å². The number of nitrogens with one attached hydrogen (secondary N) is 7. The SMILES string of the molecule is CC[C@H](C)[C@@H]1NC(=O)[C@@H]2c3[nH]c4ccccc4c3CCN2C(=O)CCSSC[C@H](C(=O)N(C)CC(=O)N[C@@H](CCCN=C(N)N)C(=O)NCC(N)=O)NC(=O)[C@H](CC(N)=O)NC(=O)[C@H](CCC(N)=O)NC1=O. The molecular weight excluding hydrogens is 979 g/mol. The van der Waals surface area contributed by atoms with E-state index in [1.54, 1.807) is 13.8 Å². The third-order valence-corrected chi connectivity index (χ3v) is 14.3. The zero-order chi connectivity index (χ0) is 53.2. The number of aromatic nitrogens is 1. The van der Waals surface area contributed by atoms with Crippen molar-refractivity contribution in [1.29, 1.82) is 0 Å². The first-order chi connectivity index (χ1) is 34.1. The van der Waals surface area contributed by atoms with Crippen molar-refractivity contribution in [2.75, 3.05) is 44.7 Å². The van der Waals surface area contributed by atoms with Crippen LogP contribution in [0.15, 0.2) is 29.3 Å². The van der Waals surface area contributed by atoms with E-state index in [9.17, 15) is 52.7 Å². The first-order valence-electron chi connectivity index (χ1n) is 23.2. The Morgan fingerprint density at radius 1 is 0.861 bits per heavy atom. The van der Waals surface area contributed by atoms with Gasteiger partial charge in [-0.3, -0.25) is 57.7 Å². The molecule has 11 amide bonds. The third kappa shape index (κ3) is 16.8. The van der Waals surface area contributed by atoms with Crippen molar-refractivity contribution in [3.05, 3.63) is 35.5 Å². The number of guanidine groups is 1. The van der Waals surface area contributed by atoms with Gasteiger partial charge in [0.1, 0.15) is 30.2 Å². The number of nitrogens with two attached hydrogens (primary N) is 5. The zero-order valence-electron chi connectivity index (χ0n) is 40.3. The van der Waals surface area contributed by atoms with Gasteiger partial charge in [0.2, 0.25) is 65.0 Å². The molecule has 0 unspecified atom stereocenters. The Morgan fingerprint density at radius 3 is 2.22 bits per heavy atom. The molecule has 2 aromatic rings. The van der Waals surface area contributed by atoms with E-state index in [0.29, 0.717) is 18.5 Å². The highest BCUT2D eigenvalue weighted by Gasteiger charge is 2.41. The summed E-state index contributed by atoms with van der Waals surface area (Å²) in [6.07, 6.45) is -0.663. The minimum Gasteiger partial charge on any atom is -0.370 e. The quantitative estimate of drug-likeness (QED) is 0.0294. The highest BCUT2D eigenvalue weighted by Crippen LogP contribution is 2.36. The van der Waals surface area contributed by atoms with E-state index in [2.05, 4.69) is 41.9 Å². The van der Waals surface area contributed by atoms with Crippen molar-refractivity contribution in [2.45, 2.75) is 101 Å². The number of likely N-dealkylation sites (N-methyl/N-ethyl adjacent to an activating group) is 1. The molecule has 2 aliphatic heterocycles. The lowest BCUT2D eigenvalue weighted by Gasteiger charge is -2.36. The fourth-order valence-electron chi connectivity index (χ4n) is 7.98. The van der Waals surface area contributed by atoms with Crippen molar-refractivity contribution in [1.82, 2.24) is 46.7 Å². The molecule has 4 rings (SSSR count). The summed E-state index contributed by atoms with van der Waals surface area (Å²) in [7, 11) is 3.48. The lowest BCUT2D eigenvalue weighted by atomic mass is 9.94. The van der Waals surface area contributed by atoms with Crippen LogP contribution in [0.1, 0.15) is 76.1 Å². The van der Waals surface area contributed by atoms with E-state index in [1.807, 2.05) is 24.3 Å². The minimum atomic E-state index is -1.75. The van der Waals surface area contributed by atoms with E-state index < -0.39 is 133 Å². The van der Waals surface area contributed by atoms with Crippen molar-refractivity contribution < 1.29 is 52.7 Å². The third-order valence-electron chi connectivity index (χ3n) is 11.9. The summed E-state index contributed by atoms with van der Waals surface area (Å²) in [5, 5.41) is 16.0. The predicted octanol–water partition coefficient (Wildman–Crippen LogP) is -3.90. The van der Waals surface area contributed by atoms with Gasteiger partial charge in [-0.15, -0.1) is 0 Å². The number of carbonyl (C=O) groups excluding carboxylic acids is 11. The average molecular weight is 1040 g/mol. The summed E-state index contributed by atoms with van der Waals surface area (Å²) in [5.74, 6) is -9.94. The summed E-state index contributed by atoms with van der Waals surface area (Å²) >= 11 is 0. The number of H-pyrrole nitrogens is 1. The maximum absolute atomic E-state index is 14.6. The number of fused-ring (bicyclic) bond motifs is 5. The summed E-state index contributed by atoms with van der Waals surface area (Å²) in [6.45, 7) is 2.56. The second kappa shape index (κ2) is 27.5. The molecule has 0 saturated carbocycles. The predicted molar refractivity (Wildman–Crippen MR) is 267 cm³/mol. The number of benzene rings is 1. The Morgan fingerprint density at radius 2 is 1.56 bits per heavy atom. The van der Waals surface area contributed by atoms with E-state index in [1.165, 1.54) is 11.9 Å². The number of hydrogen-bond donors (Lipinski definition) is 12. The minimum absolute atomic E-state index is 0.00791. The number of nitrogens with zero attached hydrogens (tertiary/aromatic N) is 3. The highest BCUT2D eigenvalue weighted by atomic mass is 33.1. The number of carbonyl (C=O) groups is 11. The molecule has 28 heteroatoms. The summed E-state index contributed by atoms with van der Waals surface area (Å²) in [6, 6.07) is -1.06. The monoisotopic (exact) mass is 1040 g/mol. The van der Waals surface area contributed by atoms with Gasteiger partial charge in [-0.1, -0.05) is 60.1 Å². The van der Waals surface area contributed by atoms with E-state index >= 15 is 0 Å². The van der Waals surface area contributed by atoms with Crippen molar-refractivity contribution in [3.63, 3.8) is 0 Å². The largest absolute Gasteiger partial charge is 0.370 e. The summed E-state index contributed by atoms with van der Waals surface area (Å²) in [5.41, 5.74) is 28.9. The van der Waals surface area contributed by atoms with Gasteiger partial charge >= 0.3 is 0 Å². The molecule has 1 fully saturated rings. The number of para-hydroxylation sites is 1. The van der Waals surface area contributed by atoms with Gasteiger partial charge in [0.25, 0.3) is 0 Å². The highest BCUT2D eigenvalue weighted by molar-refractivity contribution is 8.76. The summed E-state index contributed by atoms with van der Waals surface area (Å²) < 4.78 is 0. The van der Waals surface area contributed by atoms with Crippen LogP contribution in [0.3, 0.4) is 0 Å². The number of rotatable bonds is 18. The van der Waals surface area contributed by atoms with Gasteiger partial charge in [-0.2, -0.15) is 0 Å². The second-order valence-electron chi connectivity index (χ2n) is 17.3. The topological polar surface area (TPSA) is 425 Å². The van der Waals surface area contributed by atoms with Crippen LogP contribution in [0.2, 0.25) is 0 Å². The van der Waals surface area contributed by atoms with Gasteiger partial charge < -0.3 is 75.4 Å². The average Bonchev–Trinajstić information content (AvgIpc) is 3.70. The zero-order valence-corrected chi connectivity index (χ0v) is 41.9. The van der Waals surface area contributed by atoms with Gasteiger partial charge in [-0.05, 0) is 43.2 Å². The van der Waals surface area contributed by atoms with Crippen LogP contribution in [0, 0.1) is 5.92 Å². The number of primary amides is 3. The van der Waals surface area contributed by atoms with Gasteiger partial charge in [0, 0.05) is 55.4 Å². The molecule has 3 heterocycles. The smallest absolute Gasteiger partial charge is 0.249 e. The molecule has 17 N–H and O–H groups in total. The lowest BCUT2D eigenvalue weighted by molar-refractivity contribution is -0.143. The molecule has 7 atom stereocenters. The molecule has 1 saturated heterocycles. The van der Waals surface area contributed by atoms with Gasteiger partial charge in [0.15, 0.2) is 12.0 Å². The molecule has 0 bridgehead atoms. The van der Waals surface area contributed by atoms with E-state index in [0.717, 1.165) is 43.0 Å². The molecule has 72 heavy (non-hydrogen) atoms. The van der Waals surface area contributed by atoms with Crippen LogP contribution in [-0.2, 0) is 59.2 Å².